The van der Waals surface area contributed by atoms with Crippen molar-refractivity contribution in [2.24, 2.45) is 0 Å². The number of ketones is 1. The predicted molar refractivity (Wildman–Crippen MR) is 64.9 cm³/mol. The maximum Gasteiger partial charge on any atom is 0.408 e. The van der Waals surface area contributed by atoms with E-state index in [1.165, 1.54) is 0 Å². The van der Waals surface area contributed by atoms with Crippen molar-refractivity contribution >= 4 is 11.9 Å². The van der Waals surface area contributed by atoms with Crippen LogP contribution < -0.4 is 5.32 Å². The minimum Gasteiger partial charge on any atom is -0.444 e. The van der Waals surface area contributed by atoms with Gasteiger partial charge in [-0.3, -0.25) is 4.79 Å². The number of Topliss-reactive ketones (excluding diaryl/α,β-unsaturated/α-hetero) is 1. The summed E-state index contributed by atoms with van der Waals surface area (Å²) in [5.74, 6) is -0.0205. The van der Waals surface area contributed by atoms with E-state index in [2.05, 4.69) is 5.32 Å². The van der Waals surface area contributed by atoms with Crippen LogP contribution in [0, 0.1) is 0 Å². The Hall–Kier alpha value is -1.10. The van der Waals surface area contributed by atoms with Gasteiger partial charge in [0.1, 0.15) is 5.60 Å². The van der Waals surface area contributed by atoms with E-state index in [1.807, 2.05) is 0 Å². The highest BCUT2D eigenvalue weighted by Crippen LogP contribution is 2.07. The maximum atomic E-state index is 11.6. The summed E-state index contributed by atoms with van der Waals surface area (Å²) in [7, 11) is 1.59. The van der Waals surface area contributed by atoms with Crippen molar-refractivity contribution < 1.29 is 19.1 Å². The van der Waals surface area contributed by atoms with Crippen LogP contribution in [0.3, 0.4) is 0 Å². The first-order valence-electron chi connectivity index (χ1n) is 5.77. The number of alkyl carbamates (subject to hydrolysis) is 1. The fraction of sp³-hybridized carbons (Fsp3) is 0.833. The van der Waals surface area contributed by atoms with Gasteiger partial charge in [0.15, 0.2) is 5.78 Å². The lowest BCUT2D eigenvalue weighted by molar-refractivity contribution is -0.121. The zero-order valence-corrected chi connectivity index (χ0v) is 11.3. The van der Waals surface area contributed by atoms with Crippen molar-refractivity contribution in [3.05, 3.63) is 0 Å². The molecule has 0 aliphatic rings. The summed E-state index contributed by atoms with van der Waals surface area (Å²) < 4.78 is 9.91. The van der Waals surface area contributed by atoms with Gasteiger partial charge in [0, 0.05) is 20.1 Å². The van der Waals surface area contributed by atoms with E-state index < -0.39 is 17.7 Å². The molecular formula is C12H23NO4. The first-order chi connectivity index (χ1) is 7.76. The van der Waals surface area contributed by atoms with Crippen molar-refractivity contribution in [3.8, 4) is 0 Å². The molecule has 5 heteroatoms. The third-order valence-electron chi connectivity index (χ3n) is 1.99. The third-order valence-corrected chi connectivity index (χ3v) is 1.99. The fourth-order valence-corrected chi connectivity index (χ4v) is 1.17. The van der Waals surface area contributed by atoms with Gasteiger partial charge in [-0.1, -0.05) is 0 Å². The first kappa shape index (κ1) is 15.9. The minimum absolute atomic E-state index is 0.0205. The van der Waals surface area contributed by atoms with Crippen molar-refractivity contribution in [1.82, 2.24) is 5.32 Å². The number of rotatable bonds is 6. The average molecular weight is 245 g/mol. The number of nitrogens with one attached hydrogen (secondary N) is 1. The molecule has 0 aliphatic heterocycles. The number of hydrogen-bond acceptors (Lipinski definition) is 4. The van der Waals surface area contributed by atoms with E-state index in [1.54, 1.807) is 34.8 Å². The topological polar surface area (TPSA) is 64.6 Å². The van der Waals surface area contributed by atoms with Gasteiger partial charge in [-0.15, -0.1) is 0 Å². The molecule has 1 amide bonds. The van der Waals surface area contributed by atoms with Crippen LogP contribution in [0.4, 0.5) is 4.79 Å². The molecule has 0 bridgehead atoms. The second-order valence-corrected chi connectivity index (χ2v) is 4.93. The summed E-state index contributed by atoms with van der Waals surface area (Å²) >= 11 is 0. The van der Waals surface area contributed by atoms with Crippen molar-refractivity contribution in [2.75, 3.05) is 13.7 Å². The summed E-state index contributed by atoms with van der Waals surface area (Å²) in [6.45, 7) is 7.52. The van der Waals surface area contributed by atoms with Crippen molar-refractivity contribution in [3.63, 3.8) is 0 Å². The largest absolute Gasteiger partial charge is 0.444 e. The Kier molecular flexibility index (Phi) is 6.80. The Bertz CT molecular complexity index is 258. The molecule has 1 atom stereocenters. The lowest BCUT2D eigenvalue weighted by atomic mass is 10.1. The second-order valence-electron chi connectivity index (χ2n) is 4.93. The summed E-state index contributed by atoms with van der Waals surface area (Å²) in [5, 5.41) is 2.51. The Labute approximate surface area is 103 Å². The highest BCUT2D eigenvalue weighted by atomic mass is 16.6. The van der Waals surface area contributed by atoms with Crippen LogP contribution in [-0.4, -0.2) is 37.2 Å². The van der Waals surface area contributed by atoms with Crippen LogP contribution >= 0.6 is 0 Å². The molecular weight excluding hydrogens is 222 g/mol. The minimum atomic E-state index is -0.565. The normalized spacial score (nSPS) is 13.0. The van der Waals surface area contributed by atoms with E-state index in [0.29, 0.717) is 19.4 Å². The van der Waals surface area contributed by atoms with Gasteiger partial charge in [0.2, 0.25) is 0 Å². The van der Waals surface area contributed by atoms with Crippen LogP contribution in [0.2, 0.25) is 0 Å². The molecule has 5 nitrogen and oxygen atoms in total. The van der Waals surface area contributed by atoms with Crippen molar-refractivity contribution in [1.29, 1.82) is 0 Å². The molecule has 0 radical (unpaired) electrons. The summed E-state index contributed by atoms with van der Waals surface area (Å²) in [6, 6.07) is -0.526. The highest BCUT2D eigenvalue weighted by molar-refractivity contribution is 5.86. The van der Waals surface area contributed by atoms with Gasteiger partial charge >= 0.3 is 6.09 Å². The molecule has 0 rings (SSSR count). The molecule has 0 saturated carbocycles. The molecule has 0 aromatic rings. The molecule has 0 saturated heterocycles. The summed E-state index contributed by atoms with van der Waals surface area (Å²) in [4.78, 5) is 23.0. The van der Waals surface area contributed by atoms with E-state index in [9.17, 15) is 9.59 Å². The van der Waals surface area contributed by atoms with Crippen LogP contribution in [0.5, 0.6) is 0 Å². The van der Waals surface area contributed by atoms with Gasteiger partial charge in [0.25, 0.3) is 0 Å². The first-order valence-corrected chi connectivity index (χ1v) is 5.77. The number of amides is 1. The van der Waals surface area contributed by atoms with Gasteiger partial charge in [-0.25, -0.2) is 4.79 Å². The van der Waals surface area contributed by atoms with Crippen LogP contribution in [0.1, 0.15) is 40.5 Å². The standard InChI is InChI=1S/C12H23NO4/c1-9(10(14)7-6-8-16-5)13-11(15)17-12(2,3)4/h9H,6-8H2,1-5H3,(H,13,15). The number of carbonyl (C=O) groups is 2. The molecule has 0 spiro atoms. The number of hydrogen-bond donors (Lipinski definition) is 1. The molecule has 0 fully saturated rings. The summed E-state index contributed by atoms with van der Waals surface area (Å²) in [6.07, 6.45) is 0.491. The van der Waals surface area contributed by atoms with Crippen LogP contribution in [0.15, 0.2) is 0 Å². The SMILES string of the molecule is COCCCC(=O)C(C)NC(=O)OC(C)(C)C. The lowest BCUT2D eigenvalue weighted by Crippen LogP contribution is -2.41. The van der Waals surface area contributed by atoms with E-state index in [0.717, 1.165) is 0 Å². The number of methoxy groups -OCH3 is 1. The molecule has 0 aromatic heterocycles. The maximum absolute atomic E-state index is 11.6. The van der Waals surface area contributed by atoms with E-state index >= 15 is 0 Å². The highest BCUT2D eigenvalue weighted by Gasteiger charge is 2.20. The van der Waals surface area contributed by atoms with Gasteiger partial charge in [-0.2, -0.15) is 0 Å². The molecule has 1 N–H and O–H groups in total. The second kappa shape index (κ2) is 7.27. The summed E-state index contributed by atoms with van der Waals surface area (Å²) in [5.41, 5.74) is -0.553. The van der Waals surface area contributed by atoms with Crippen LogP contribution in [-0.2, 0) is 14.3 Å². The fourth-order valence-electron chi connectivity index (χ4n) is 1.17. The van der Waals surface area contributed by atoms with Gasteiger partial charge in [0.05, 0.1) is 6.04 Å². The molecule has 0 heterocycles. The Morgan fingerprint density at radius 3 is 2.35 bits per heavy atom. The third kappa shape index (κ3) is 8.68. The van der Waals surface area contributed by atoms with E-state index in [4.69, 9.17) is 9.47 Å². The van der Waals surface area contributed by atoms with Crippen LogP contribution in [0.25, 0.3) is 0 Å². The van der Waals surface area contributed by atoms with Crippen molar-refractivity contribution in [2.45, 2.75) is 52.2 Å². The zero-order valence-electron chi connectivity index (χ0n) is 11.3. The predicted octanol–water partition coefficient (Wildman–Crippen LogP) is 1.90. The Balaban J connectivity index is 3.95. The Morgan fingerprint density at radius 1 is 1.29 bits per heavy atom. The average Bonchev–Trinajstić information content (AvgIpc) is 2.14. The van der Waals surface area contributed by atoms with Gasteiger partial charge in [-0.05, 0) is 34.1 Å². The smallest absolute Gasteiger partial charge is 0.408 e. The monoisotopic (exact) mass is 245 g/mol. The quantitative estimate of drug-likeness (QED) is 0.726. The molecule has 100 valence electrons. The Morgan fingerprint density at radius 2 is 1.88 bits per heavy atom. The molecule has 0 aromatic carbocycles. The zero-order chi connectivity index (χ0) is 13.5. The van der Waals surface area contributed by atoms with Gasteiger partial charge < -0.3 is 14.8 Å². The number of carbonyl (C=O) groups excluding carboxylic acids is 2. The molecule has 17 heavy (non-hydrogen) atoms. The number of ether oxygens (including phenoxy) is 2. The molecule has 1 unspecified atom stereocenters. The van der Waals surface area contributed by atoms with E-state index in [-0.39, 0.29) is 5.78 Å². The molecule has 0 aliphatic carbocycles. The lowest BCUT2D eigenvalue weighted by Gasteiger charge is -2.21.